The summed E-state index contributed by atoms with van der Waals surface area (Å²) in [5.41, 5.74) is 3.74. The van der Waals surface area contributed by atoms with Crippen molar-refractivity contribution in [2.75, 3.05) is 13.7 Å². The normalized spacial score (nSPS) is 13.5. The van der Waals surface area contributed by atoms with Gasteiger partial charge in [0.2, 0.25) is 0 Å². The fourth-order valence-corrected chi connectivity index (χ4v) is 3.18. The molecule has 2 aromatic carbocycles. The van der Waals surface area contributed by atoms with Gasteiger partial charge in [-0.1, -0.05) is 18.2 Å². The summed E-state index contributed by atoms with van der Waals surface area (Å²) >= 11 is 0. The van der Waals surface area contributed by atoms with E-state index in [1.165, 1.54) is 0 Å². The third-order valence-electron chi connectivity index (χ3n) is 5.36. The first-order chi connectivity index (χ1) is 14.2. The second-order valence-electron chi connectivity index (χ2n) is 8.19. The van der Waals surface area contributed by atoms with Gasteiger partial charge >= 0.3 is 0 Å². The molecule has 2 rings (SSSR count). The minimum absolute atomic E-state index is 0.411. The quantitative estimate of drug-likeness (QED) is 0.243. The molecule has 1 atom stereocenters. The van der Waals surface area contributed by atoms with Crippen LogP contribution in [0.5, 0.6) is 11.5 Å². The number of benzene rings is 2. The van der Waals surface area contributed by atoms with Gasteiger partial charge in [0, 0.05) is 19.7 Å². The highest BCUT2D eigenvalue weighted by atomic mass is 16.5. The molecule has 2 aromatic rings. The molecule has 0 bridgehead atoms. The lowest BCUT2D eigenvalue weighted by molar-refractivity contribution is -0.0271. The number of aliphatic imine (C=N–C) groups is 1. The maximum atomic E-state index is 6.26. The van der Waals surface area contributed by atoms with E-state index in [1.807, 2.05) is 45.4 Å². The number of rotatable bonds is 10. The molecule has 0 heterocycles. The molecule has 1 unspecified atom stereocenters. The molecule has 162 valence electrons. The number of hydrogen-bond acceptors (Lipinski definition) is 3. The van der Waals surface area contributed by atoms with Crippen molar-refractivity contribution >= 4 is 12.0 Å². The second-order valence-corrected chi connectivity index (χ2v) is 8.19. The zero-order valence-electron chi connectivity index (χ0n) is 19.5. The molecule has 0 radical (unpaired) electrons. The van der Waals surface area contributed by atoms with E-state index in [2.05, 4.69) is 68.4 Å². The van der Waals surface area contributed by atoms with Crippen molar-refractivity contribution in [2.24, 2.45) is 4.99 Å². The largest absolute Gasteiger partial charge is 0.457 e. The molecule has 0 aliphatic rings. The number of ether oxygens (including phenoxy) is 2. The van der Waals surface area contributed by atoms with Crippen LogP contribution in [0.2, 0.25) is 0 Å². The summed E-state index contributed by atoms with van der Waals surface area (Å²) in [5, 5.41) is 0. The smallest absolute Gasteiger partial charge is 0.130 e. The third-order valence-corrected chi connectivity index (χ3v) is 5.36. The molecule has 30 heavy (non-hydrogen) atoms. The number of hydrogen-bond donors (Lipinski definition) is 0. The molecule has 0 aliphatic carbocycles. The summed E-state index contributed by atoms with van der Waals surface area (Å²) in [6.45, 7) is 17.0. The monoisotopic (exact) mass is 408 g/mol. The van der Waals surface area contributed by atoms with E-state index in [4.69, 9.17) is 9.47 Å². The maximum absolute atomic E-state index is 6.26. The molecular weight excluding hydrogens is 372 g/mol. The highest BCUT2D eigenvalue weighted by molar-refractivity contribution is 5.65. The zero-order chi connectivity index (χ0) is 22.3. The van der Waals surface area contributed by atoms with Crippen molar-refractivity contribution in [3.8, 4) is 11.5 Å². The fourth-order valence-electron chi connectivity index (χ4n) is 3.18. The number of nitrogens with zero attached hydrogens (tertiary/aromatic N) is 2. The Labute approximate surface area is 182 Å². The van der Waals surface area contributed by atoms with Gasteiger partial charge in [0.05, 0.1) is 17.6 Å². The van der Waals surface area contributed by atoms with Gasteiger partial charge in [-0.25, -0.2) is 4.99 Å². The number of aryl methyl sites for hydroxylation is 2. The van der Waals surface area contributed by atoms with Gasteiger partial charge in [0.1, 0.15) is 11.5 Å². The van der Waals surface area contributed by atoms with Crippen LogP contribution >= 0.6 is 0 Å². The predicted molar refractivity (Wildman–Crippen MR) is 127 cm³/mol. The van der Waals surface area contributed by atoms with Gasteiger partial charge in [-0.3, -0.25) is 0 Å². The summed E-state index contributed by atoms with van der Waals surface area (Å²) in [5.74, 6) is 1.63. The Morgan fingerprint density at radius 3 is 2.53 bits per heavy atom. The average Bonchev–Trinajstić information content (AvgIpc) is 2.69. The van der Waals surface area contributed by atoms with E-state index in [0.717, 1.165) is 40.3 Å². The summed E-state index contributed by atoms with van der Waals surface area (Å²) in [7, 11) is 2.03. The Kier molecular flexibility index (Phi) is 8.24. The van der Waals surface area contributed by atoms with Crippen LogP contribution in [0.15, 0.2) is 54.0 Å². The topological polar surface area (TPSA) is 34.1 Å². The van der Waals surface area contributed by atoms with E-state index in [1.54, 1.807) is 0 Å². The molecular formula is C26H36N2O2. The lowest BCUT2D eigenvalue weighted by atomic mass is 9.92. The SMILES string of the molecule is C=CCC(C)(OCC)c1cccc(Oc2cc(C)c(/N=C\N(C)C(C)C)cc2C)c1. The first-order valence-corrected chi connectivity index (χ1v) is 10.6. The van der Waals surface area contributed by atoms with E-state index in [-0.39, 0.29) is 0 Å². The lowest BCUT2D eigenvalue weighted by Crippen LogP contribution is -2.25. The summed E-state index contributed by atoms with van der Waals surface area (Å²) in [6.07, 6.45) is 4.51. The van der Waals surface area contributed by atoms with E-state index < -0.39 is 5.60 Å². The van der Waals surface area contributed by atoms with Crippen LogP contribution in [0.1, 0.15) is 50.8 Å². The van der Waals surface area contributed by atoms with Crippen molar-refractivity contribution in [3.63, 3.8) is 0 Å². The minimum Gasteiger partial charge on any atom is -0.457 e. The minimum atomic E-state index is -0.415. The van der Waals surface area contributed by atoms with E-state index in [0.29, 0.717) is 12.6 Å². The lowest BCUT2D eigenvalue weighted by Gasteiger charge is -2.29. The molecule has 0 saturated heterocycles. The molecule has 0 N–H and O–H groups in total. The van der Waals surface area contributed by atoms with Crippen LogP contribution in [-0.2, 0) is 10.3 Å². The Bertz CT molecular complexity index is 889. The molecule has 0 amide bonds. The van der Waals surface area contributed by atoms with E-state index in [9.17, 15) is 0 Å². The summed E-state index contributed by atoms with van der Waals surface area (Å²) in [4.78, 5) is 6.73. The average molecular weight is 409 g/mol. The zero-order valence-corrected chi connectivity index (χ0v) is 19.5. The molecule has 0 spiro atoms. The summed E-state index contributed by atoms with van der Waals surface area (Å²) < 4.78 is 12.3. The van der Waals surface area contributed by atoms with Crippen molar-refractivity contribution in [1.29, 1.82) is 0 Å². The highest BCUT2D eigenvalue weighted by Crippen LogP contribution is 2.35. The van der Waals surface area contributed by atoms with Crippen LogP contribution < -0.4 is 4.74 Å². The van der Waals surface area contributed by atoms with Crippen molar-refractivity contribution in [3.05, 3.63) is 65.7 Å². The predicted octanol–water partition coefficient (Wildman–Crippen LogP) is 6.92. The van der Waals surface area contributed by atoms with Crippen molar-refractivity contribution in [1.82, 2.24) is 4.90 Å². The molecule has 0 fully saturated rings. The molecule has 4 heteroatoms. The van der Waals surface area contributed by atoms with E-state index >= 15 is 0 Å². The van der Waals surface area contributed by atoms with Crippen LogP contribution in [0.4, 0.5) is 5.69 Å². The Morgan fingerprint density at radius 2 is 1.90 bits per heavy atom. The standard InChI is InChI=1S/C26H36N2O2/c1-9-14-26(7,29-10-2)22-12-11-13-23(17-22)30-25-16-20(5)24(15-21(25)6)27-18-28(8)19(3)4/h9,11-13,15-19H,1,10,14H2,2-8H3/b27-18-. The molecule has 0 aromatic heterocycles. The van der Waals surface area contributed by atoms with Gasteiger partial charge in [-0.2, -0.15) is 0 Å². The third kappa shape index (κ3) is 5.96. The highest BCUT2D eigenvalue weighted by Gasteiger charge is 2.26. The fraction of sp³-hybridized carbons (Fsp3) is 0.423. The van der Waals surface area contributed by atoms with Crippen molar-refractivity contribution in [2.45, 2.75) is 59.6 Å². The molecule has 0 aliphatic heterocycles. The Hall–Kier alpha value is -2.59. The van der Waals surface area contributed by atoms with Gasteiger partial charge in [0.15, 0.2) is 0 Å². The first-order valence-electron chi connectivity index (χ1n) is 10.6. The van der Waals surface area contributed by atoms with Crippen LogP contribution in [0, 0.1) is 13.8 Å². The summed E-state index contributed by atoms with van der Waals surface area (Å²) in [6, 6.07) is 12.6. The van der Waals surface area contributed by atoms with Crippen LogP contribution in [0.25, 0.3) is 0 Å². The second kappa shape index (κ2) is 10.4. The van der Waals surface area contributed by atoms with Gasteiger partial charge in [-0.05, 0) is 88.9 Å². The van der Waals surface area contributed by atoms with Crippen LogP contribution in [-0.4, -0.2) is 30.9 Å². The Morgan fingerprint density at radius 1 is 1.17 bits per heavy atom. The molecule has 4 nitrogen and oxygen atoms in total. The first kappa shape index (κ1) is 23.7. The van der Waals surface area contributed by atoms with Crippen LogP contribution in [0.3, 0.4) is 0 Å². The molecule has 0 saturated carbocycles. The maximum Gasteiger partial charge on any atom is 0.130 e. The van der Waals surface area contributed by atoms with Gasteiger partial charge in [0.25, 0.3) is 0 Å². The van der Waals surface area contributed by atoms with Gasteiger partial charge in [-0.15, -0.1) is 6.58 Å². The van der Waals surface area contributed by atoms with Gasteiger partial charge < -0.3 is 14.4 Å². The Balaban J connectivity index is 2.28. The van der Waals surface area contributed by atoms with Crippen molar-refractivity contribution < 1.29 is 9.47 Å².